The van der Waals surface area contributed by atoms with Gasteiger partial charge in [0.1, 0.15) is 5.75 Å². The zero-order chi connectivity index (χ0) is 15.2. The number of ether oxygens (including phenoxy) is 3. The Morgan fingerprint density at radius 1 is 1.38 bits per heavy atom. The molecule has 3 atom stereocenters. The van der Waals surface area contributed by atoms with Crippen LogP contribution in [0, 0.1) is 0 Å². The van der Waals surface area contributed by atoms with E-state index in [1.165, 1.54) is 0 Å². The molecule has 6 nitrogen and oxygen atoms in total. The molecule has 0 spiro atoms. The molecule has 2 rings (SSSR count). The predicted molar refractivity (Wildman–Crippen MR) is 76.3 cm³/mol. The number of methoxy groups -OCH3 is 1. The van der Waals surface area contributed by atoms with Crippen LogP contribution in [0.2, 0.25) is 0 Å². The van der Waals surface area contributed by atoms with Crippen LogP contribution in [0.5, 0.6) is 5.75 Å². The van der Waals surface area contributed by atoms with Crippen LogP contribution in [0.1, 0.15) is 24.9 Å². The molecular formula is C15H21NO5. The van der Waals surface area contributed by atoms with Crippen molar-refractivity contribution in [1.82, 2.24) is 5.32 Å². The maximum atomic E-state index is 11.3. The molecule has 1 heterocycles. The fourth-order valence-electron chi connectivity index (χ4n) is 2.17. The zero-order valence-electron chi connectivity index (χ0n) is 12.2. The summed E-state index contributed by atoms with van der Waals surface area (Å²) in [4.78, 5) is 11.3. The fourth-order valence-corrected chi connectivity index (χ4v) is 2.17. The van der Waals surface area contributed by atoms with Gasteiger partial charge in [-0.05, 0) is 24.6 Å². The SMILES string of the molecule is COCC1OC(=O)NC1c1ccc(OCC[C@H](C)O)cc1. The monoisotopic (exact) mass is 295 g/mol. The van der Waals surface area contributed by atoms with E-state index in [9.17, 15) is 9.90 Å². The first kappa shape index (κ1) is 15.6. The molecule has 0 saturated carbocycles. The van der Waals surface area contributed by atoms with Crippen LogP contribution in [0.25, 0.3) is 0 Å². The van der Waals surface area contributed by atoms with Gasteiger partial charge in [-0.3, -0.25) is 0 Å². The van der Waals surface area contributed by atoms with E-state index in [2.05, 4.69) is 5.32 Å². The van der Waals surface area contributed by atoms with Crippen LogP contribution >= 0.6 is 0 Å². The average Bonchev–Trinajstić information content (AvgIpc) is 2.80. The Bertz CT molecular complexity index is 460. The van der Waals surface area contributed by atoms with E-state index in [1.807, 2.05) is 24.3 Å². The van der Waals surface area contributed by atoms with Crippen molar-refractivity contribution in [3.8, 4) is 5.75 Å². The minimum Gasteiger partial charge on any atom is -0.493 e. The summed E-state index contributed by atoms with van der Waals surface area (Å²) < 4.78 is 15.7. The Labute approximate surface area is 124 Å². The number of amides is 1. The lowest BCUT2D eigenvalue weighted by atomic mass is 10.0. The largest absolute Gasteiger partial charge is 0.493 e. The lowest BCUT2D eigenvalue weighted by Gasteiger charge is -2.16. The molecule has 1 aromatic carbocycles. The van der Waals surface area contributed by atoms with Gasteiger partial charge in [0.25, 0.3) is 0 Å². The summed E-state index contributed by atoms with van der Waals surface area (Å²) in [6, 6.07) is 7.24. The number of hydrogen-bond acceptors (Lipinski definition) is 5. The first-order valence-electron chi connectivity index (χ1n) is 6.97. The van der Waals surface area contributed by atoms with Crippen LogP contribution in [-0.2, 0) is 9.47 Å². The molecule has 116 valence electrons. The predicted octanol–water partition coefficient (Wildman–Crippen LogP) is 1.63. The molecule has 1 saturated heterocycles. The minimum atomic E-state index is -0.431. The van der Waals surface area contributed by atoms with Gasteiger partial charge < -0.3 is 24.6 Å². The maximum absolute atomic E-state index is 11.3. The Morgan fingerprint density at radius 2 is 2.10 bits per heavy atom. The van der Waals surface area contributed by atoms with Gasteiger partial charge in [0, 0.05) is 13.5 Å². The summed E-state index contributed by atoms with van der Waals surface area (Å²) in [7, 11) is 1.57. The van der Waals surface area contributed by atoms with E-state index >= 15 is 0 Å². The Kier molecular flexibility index (Phi) is 5.41. The third kappa shape index (κ3) is 4.34. The van der Waals surface area contributed by atoms with Crippen LogP contribution in [0.15, 0.2) is 24.3 Å². The van der Waals surface area contributed by atoms with E-state index in [1.54, 1.807) is 14.0 Å². The highest BCUT2D eigenvalue weighted by molar-refractivity contribution is 5.70. The third-order valence-corrected chi connectivity index (χ3v) is 3.28. The van der Waals surface area contributed by atoms with Crippen LogP contribution in [0.3, 0.4) is 0 Å². The molecule has 0 radical (unpaired) electrons. The molecule has 0 aromatic heterocycles. The van der Waals surface area contributed by atoms with Crippen LogP contribution in [-0.4, -0.2) is 43.7 Å². The molecule has 2 unspecified atom stereocenters. The second kappa shape index (κ2) is 7.28. The first-order chi connectivity index (χ1) is 10.1. The second-order valence-electron chi connectivity index (χ2n) is 5.08. The highest BCUT2D eigenvalue weighted by Gasteiger charge is 2.35. The number of carbonyl (C=O) groups excluding carboxylic acids is 1. The van der Waals surface area contributed by atoms with Crippen molar-refractivity contribution in [3.63, 3.8) is 0 Å². The molecule has 1 aliphatic heterocycles. The maximum Gasteiger partial charge on any atom is 0.408 e. The molecule has 0 aliphatic carbocycles. The lowest BCUT2D eigenvalue weighted by molar-refractivity contribution is 0.0590. The number of hydrogen-bond donors (Lipinski definition) is 2. The lowest BCUT2D eigenvalue weighted by Crippen LogP contribution is -2.25. The van der Waals surface area contributed by atoms with Gasteiger partial charge in [-0.1, -0.05) is 12.1 Å². The molecular weight excluding hydrogens is 274 g/mol. The highest BCUT2D eigenvalue weighted by Crippen LogP contribution is 2.26. The molecule has 0 bridgehead atoms. The van der Waals surface area contributed by atoms with E-state index in [-0.39, 0.29) is 18.2 Å². The number of nitrogens with one attached hydrogen (secondary N) is 1. The van der Waals surface area contributed by atoms with E-state index in [0.29, 0.717) is 19.6 Å². The third-order valence-electron chi connectivity index (χ3n) is 3.28. The summed E-state index contributed by atoms with van der Waals surface area (Å²) in [6.07, 6.45) is -0.543. The number of alkyl carbamates (subject to hydrolysis) is 1. The topological polar surface area (TPSA) is 77.0 Å². The number of benzene rings is 1. The summed E-state index contributed by atoms with van der Waals surface area (Å²) in [6.45, 7) is 2.54. The van der Waals surface area contributed by atoms with Gasteiger partial charge in [-0.2, -0.15) is 0 Å². The molecule has 1 aliphatic rings. The van der Waals surface area contributed by atoms with Gasteiger partial charge in [-0.15, -0.1) is 0 Å². The van der Waals surface area contributed by atoms with Crippen molar-refractivity contribution >= 4 is 6.09 Å². The molecule has 1 amide bonds. The minimum absolute atomic E-state index is 0.219. The normalized spacial score (nSPS) is 22.5. The summed E-state index contributed by atoms with van der Waals surface area (Å²) in [5.41, 5.74) is 0.936. The zero-order valence-corrected chi connectivity index (χ0v) is 12.2. The molecule has 2 N–H and O–H groups in total. The summed E-state index contributed by atoms with van der Waals surface area (Å²) in [5, 5.41) is 11.9. The Balaban J connectivity index is 1.96. The number of rotatable bonds is 7. The van der Waals surface area contributed by atoms with Crippen molar-refractivity contribution in [2.75, 3.05) is 20.3 Å². The van der Waals surface area contributed by atoms with Gasteiger partial charge >= 0.3 is 6.09 Å². The van der Waals surface area contributed by atoms with Crippen molar-refractivity contribution < 1.29 is 24.1 Å². The van der Waals surface area contributed by atoms with E-state index in [0.717, 1.165) is 11.3 Å². The van der Waals surface area contributed by atoms with Crippen molar-refractivity contribution in [1.29, 1.82) is 0 Å². The van der Waals surface area contributed by atoms with Crippen molar-refractivity contribution in [3.05, 3.63) is 29.8 Å². The van der Waals surface area contributed by atoms with Crippen molar-refractivity contribution in [2.24, 2.45) is 0 Å². The second-order valence-corrected chi connectivity index (χ2v) is 5.08. The van der Waals surface area contributed by atoms with Gasteiger partial charge in [0.05, 0.1) is 25.4 Å². The number of carbonyl (C=O) groups is 1. The molecule has 21 heavy (non-hydrogen) atoms. The molecule has 1 fully saturated rings. The van der Waals surface area contributed by atoms with E-state index in [4.69, 9.17) is 14.2 Å². The van der Waals surface area contributed by atoms with Gasteiger partial charge in [0.2, 0.25) is 0 Å². The number of cyclic esters (lactones) is 1. The number of aliphatic hydroxyl groups is 1. The Morgan fingerprint density at radius 3 is 2.71 bits per heavy atom. The highest BCUT2D eigenvalue weighted by atomic mass is 16.6. The average molecular weight is 295 g/mol. The number of aliphatic hydroxyl groups excluding tert-OH is 1. The Hall–Kier alpha value is -1.79. The standard InChI is InChI=1S/C15H21NO5/c1-10(17)7-8-20-12-5-3-11(4-6-12)14-13(9-19-2)21-15(18)16-14/h3-6,10,13-14,17H,7-9H2,1-2H3,(H,16,18)/t10-,13?,14?/m0/s1. The summed E-state index contributed by atoms with van der Waals surface area (Å²) in [5.74, 6) is 0.730. The quantitative estimate of drug-likeness (QED) is 0.799. The fraction of sp³-hybridized carbons (Fsp3) is 0.533. The molecule has 6 heteroatoms. The smallest absolute Gasteiger partial charge is 0.408 e. The van der Waals surface area contributed by atoms with Gasteiger partial charge in [0.15, 0.2) is 6.10 Å². The van der Waals surface area contributed by atoms with Gasteiger partial charge in [-0.25, -0.2) is 4.79 Å². The van der Waals surface area contributed by atoms with Crippen LogP contribution in [0.4, 0.5) is 4.79 Å². The first-order valence-corrected chi connectivity index (χ1v) is 6.97. The molecule has 1 aromatic rings. The summed E-state index contributed by atoms with van der Waals surface area (Å²) >= 11 is 0. The van der Waals surface area contributed by atoms with Crippen molar-refractivity contribution in [2.45, 2.75) is 31.6 Å². The van der Waals surface area contributed by atoms with Crippen LogP contribution < -0.4 is 10.1 Å². The van der Waals surface area contributed by atoms with E-state index < -0.39 is 6.09 Å².